The van der Waals surface area contributed by atoms with Crippen molar-refractivity contribution in [1.29, 1.82) is 0 Å². The molecule has 0 unspecified atom stereocenters. The summed E-state index contributed by atoms with van der Waals surface area (Å²) in [5, 5.41) is 9.06. The molecule has 0 saturated carbocycles. The molecule has 128 valence electrons. The number of hydrogen-bond donors (Lipinski definition) is 1. The maximum Gasteiger partial charge on any atom is 0.309 e. The summed E-state index contributed by atoms with van der Waals surface area (Å²) in [4.78, 5) is 23.4. The predicted molar refractivity (Wildman–Crippen MR) is 93.9 cm³/mol. The Morgan fingerprint density at radius 3 is 1.96 bits per heavy atom. The molecule has 0 aliphatic carbocycles. The van der Waals surface area contributed by atoms with Gasteiger partial charge in [-0.05, 0) is 58.6 Å². The molecule has 1 N–H and O–H groups in total. The van der Waals surface area contributed by atoms with Gasteiger partial charge in [0.2, 0.25) is 0 Å². The van der Waals surface area contributed by atoms with E-state index >= 15 is 0 Å². The van der Waals surface area contributed by atoms with Crippen LogP contribution in [0.4, 0.5) is 0 Å². The van der Waals surface area contributed by atoms with Crippen LogP contribution in [0.3, 0.4) is 0 Å². The minimum absolute atomic E-state index is 0.165. The Balaban J connectivity index is 0.00000232. The van der Waals surface area contributed by atoms with Crippen LogP contribution in [0, 0.1) is 26.2 Å². The van der Waals surface area contributed by atoms with Crippen LogP contribution in [0.25, 0.3) is 0 Å². The molecule has 0 fully saturated rings. The zero-order chi connectivity index (χ0) is 18.2. The molecule has 23 heavy (non-hydrogen) atoms. The molecule has 0 bridgehead atoms. The molecule has 1 aromatic carbocycles. The van der Waals surface area contributed by atoms with Gasteiger partial charge in [-0.15, -0.1) is 0 Å². The number of aliphatic carboxylic acids is 1. The fourth-order valence-corrected chi connectivity index (χ4v) is 2.70. The van der Waals surface area contributed by atoms with Gasteiger partial charge in [0, 0.05) is 12.0 Å². The van der Waals surface area contributed by atoms with E-state index in [2.05, 4.69) is 0 Å². The van der Waals surface area contributed by atoms with Gasteiger partial charge in [-0.25, -0.2) is 0 Å². The van der Waals surface area contributed by atoms with Crippen LogP contribution >= 0.6 is 9.12 Å². The van der Waals surface area contributed by atoms with E-state index in [9.17, 15) is 9.59 Å². The molecule has 0 heterocycles. The summed E-state index contributed by atoms with van der Waals surface area (Å²) in [6.07, 6.45) is 2.58. The van der Waals surface area contributed by atoms with E-state index in [0.717, 1.165) is 29.5 Å². The van der Waals surface area contributed by atoms with Crippen LogP contribution in [0.5, 0.6) is 0 Å². The molecule has 5 heteroatoms. The van der Waals surface area contributed by atoms with Crippen LogP contribution in [0.15, 0.2) is 12.1 Å². The minimum Gasteiger partial charge on any atom is -0.481 e. The van der Waals surface area contributed by atoms with Gasteiger partial charge in [-0.2, -0.15) is 0 Å². The highest BCUT2D eigenvalue weighted by molar-refractivity contribution is 7.00. The van der Waals surface area contributed by atoms with Gasteiger partial charge in [0.15, 0.2) is 5.78 Å². The normalized spacial score (nSPS) is 10.7. The summed E-state index contributed by atoms with van der Waals surface area (Å²) in [5.41, 5.74) is 3.35. The lowest BCUT2D eigenvalue weighted by Crippen LogP contribution is -2.23. The molecule has 0 saturated heterocycles. The van der Waals surface area contributed by atoms with Crippen molar-refractivity contribution in [2.45, 2.75) is 60.3 Å². The van der Waals surface area contributed by atoms with Crippen LogP contribution in [-0.2, 0) is 9.36 Å². The van der Waals surface area contributed by atoms with Gasteiger partial charge in [0.05, 0.1) is 5.41 Å². The topological polar surface area (TPSA) is 71.4 Å². The summed E-state index contributed by atoms with van der Waals surface area (Å²) in [6, 6.07) is 4.07. The quantitative estimate of drug-likeness (QED) is 0.434. The van der Waals surface area contributed by atoms with Crippen molar-refractivity contribution in [2.24, 2.45) is 5.41 Å². The fourth-order valence-electron chi connectivity index (χ4n) is 2.70. The Morgan fingerprint density at radius 1 is 1.04 bits per heavy atom. The van der Waals surface area contributed by atoms with Crippen molar-refractivity contribution < 1.29 is 19.3 Å². The van der Waals surface area contributed by atoms with Gasteiger partial charge in [0.25, 0.3) is 0 Å². The summed E-state index contributed by atoms with van der Waals surface area (Å²) in [5.74, 6) is -0.614. The first kappa shape index (κ1) is 21.5. The first-order valence-corrected chi connectivity index (χ1v) is 8.11. The molecule has 1 rings (SSSR count). The van der Waals surface area contributed by atoms with Crippen molar-refractivity contribution >= 4 is 20.9 Å². The Labute approximate surface area is 140 Å². The Bertz CT molecular complexity index is 541. The van der Waals surface area contributed by atoms with E-state index in [1.807, 2.05) is 32.9 Å². The van der Waals surface area contributed by atoms with Crippen molar-refractivity contribution in [3.05, 3.63) is 34.4 Å². The zero-order valence-corrected chi connectivity index (χ0v) is 15.7. The first-order valence-electron chi connectivity index (χ1n) is 7.70. The molecule has 0 aliphatic rings. The number of rotatable bonds is 7. The monoisotopic (exact) mass is 338 g/mol. The van der Waals surface area contributed by atoms with Crippen LogP contribution in [0.2, 0.25) is 0 Å². The average Bonchev–Trinajstić information content (AvgIpc) is 2.44. The molecule has 0 spiro atoms. The number of hydrogen-bond acceptors (Lipinski definition) is 3. The van der Waals surface area contributed by atoms with Gasteiger partial charge < -0.3 is 5.11 Å². The van der Waals surface area contributed by atoms with Crippen molar-refractivity contribution in [3.63, 3.8) is 0 Å². The molecule has 4 nitrogen and oxygen atoms in total. The van der Waals surface area contributed by atoms with E-state index in [4.69, 9.17) is 9.67 Å². The number of carboxylic acid groups (broad SMARTS) is 1. The number of carbonyl (C=O) groups excluding carboxylic acids is 1. The smallest absolute Gasteiger partial charge is 0.309 e. The maximum absolute atomic E-state index is 12.3. The second-order valence-corrected chi connectivity index (χ2v) is 6.59. The van der Waals surface area contributed by atoms with E-state index in [-0.39, 0.29) is 5.78 Å². The lowest BCUT2D eigenvalue weighted by Gasteiger charge is -2.18. The van der Waals surface area contributed by atoms with E-state index in [1.54, 1.807) is 23.0 Å². The molecule has 0 aliphatic heterocycles. The Morgan fingerprint density at radius 2 is 1.52 bits per heavy atom. The number of carbonyl (C=O) groups is 2. The SMILES string of the molecule is Cc1cc(C)c(C(=O)CCCCC(C)(C)C(=O)O)c(C)c1.O=P. The van der Waals surface area contributed by atoms with Gasteiger partial charge in [0.1, 0.15) is 9.12 Å². The minimum atomic E-state index is -0.779. The highest BCUT2D eigenvalue weighted by Crippen LogP contribution is 2.25. The average molecular weight is 338 g/mol. The Hall–Kier alpha value is -1.54. The number of carboxylic acids is 1. The lowest BCUT2D eigenvalue weighted by molar-refractivity contribution is -0.147. The van der Waals surface area contributed by atoms with Crippen molar-refractivity contribution in [2.75, 3.05) is 0 Å². The molecule has 0 radical (unpaired) electrons. The molecule has 0 atom stereocenters. The van der Waals surface area contributed by atoms with E-state index in [0.29, 0.717) is 12.8 Å². The third-order valence-electron chi connectivity index (χ3n) is 3.99. The highest BCUT2D eigenvalue weighted by atomic mass is 31.0. The Kier molecular flexibility index (Phi) is 8.93. The number of ketones is 1. The standard InChI is InChI=1S/C18H26O3.HOP/c1-12-10-13(2)16(14(3)11-12)15(19)8-6-7-9-18(4,5)17(20)21;1-2/h10-11H,6-9H2,1-5H3,(H,20,21);2H. The summed E-state index contributed by atoms with van der Waals surface area (Å²) < 4.78 is 8.06. The van der Waals surface area contributed by atoms with Crippen LogP contribution in [-0.4, -0.2) is 16.9 Å². The predicted octanol–water partition coefficient (Wildman–Crippen LogP) is 4.94. The third-order valence-corrected chi connectivity index (χ3v) is 3.99. The summed E-state index contributed by atoms with van der Waals surface area (Å²) >= 11 is 0. The highest BCUT2D eigenvalue weighted by Gasteiger charge is 2.26. The first-order chi connectivity index (χ1) is 10.6. The molecular formula is C18H27O4P. The van der Waals surface area contributed by atoms with E-state index in [1.165, 1.54) is 5.56 Å². The van der Waals surface area contributed by atoms with Gasteiger partial charge >= 0.3 is 5.97 Å². The second-order valence-electron chi connectivity index (χ2n) is 6.59. The van der Waals surface area contributed by atoms with Crippen LogP contribution in [0.1, 0.15) is 66.6 Å². The number of aryl methyl sites for hydroxylation is 3. The molecule has 0 aromatic heterocycles. The van der Waals surface area contributed by atoms with Crippen molar-refractivity contribution in [1.82, 2.24) is 0 Å². The number of unbranched alkanes of at least 4 members (excludes halogenated alkanes) is 1. The maximum atomic E-state index is 12.3. The van der Waals surface area contributed by atoms with E-state index < -0.39 is 11.4 Å². The number of Topliss-reactive ketones (excluding diaryl/α,β-unsaturated/α-hetero) is 1. The fraction of sp³-hybridized carbons (Fsp3) is 0.556. The van der Waals surface area contributed by atoms with Gasteiger partial charge in [-0.1, -0.05) is 24.1 Å². The van der Waals surface area contributed by atoms with Crippen LogP contribution < -0.4 is 0 Å². The zero-order valence-electron chi connectivity index (χ0n) is 14.7. The molecule has 1 aromatic rings. The molecule has 0 amide bonds. The van der Waals surface area contributed by atoms with Crippen molar-refractivity contribution in [3.8, 4) is 0 Å². The second kappa shape index (κ2) is 9.57. The lowest BCUT2D eigenvalue weighted by atomic mass is 9.86. The van der Waals surface area contributed by atoms with Gasteiger partial charge in [-0.3, -0.25) is 14.2 Å². The largest absolute Gasteiger partial charge is 0.481 e. The summed E-state index contributed by atoms with van der Waals surface area (Å²) in [6.45, 7) is 9.43. The molecular weight excluding hydrogens is 311 g/mol. The number of benzene rings is 1. The third kappa shape index (κ3) is 6.62. The summed E-state index contributed by atoms with van der Waals surface area (Å²) in [7, 11) is 1.72.